The highest BCUT2D eigenvalue weighted by Crippen LogP contribution is 2.59. The molecule has 0 spiro atoms. The number of alkyl halides is 3. The third-order valence-corrected chi connectivity index (χ3v) is 3.79. The Hall–Kier alpha value is -1.27. The van der Waals surface area contributed by atoms with Crippen LogP contribution in [0.25, 0.3) is 0 Å². The van der Waals surface area contributed by atoms with Gasteiger partial charge in [-0.1, -0.05) is 0 Å². The van der Waals surface area contributed by atoms with Crippen molar-refractivity contribution < 1.29 is 17.7 Å². The van der Waals surface area contributed by atoms with Gasteiger partial charge in [0, 0.05) is 19.5 Å². The fourth-order valence-corrected chi connectivity index (χ4v) is 2.36. The molecule has 100 valence electrons. The van der Waals surface area contributed by atoms with Crippen LogP contribution < -0.4 is 4.90 Å². The monoisotopic (exact) mass is 261 g/mol. The molecule has 1 aromatic rings. The van der Waals surface area contributed by atoms with E-state index in [1.54, 1.807) is 0 Å². The molecular weight excluding hydrogens is 247 g/mol. The van der Waals surface area contributed by atoms with E-state index in [1.165, 1.54) is 0 Å². The number of hydrogen-bond donors (Lipinski definition) is 0. The Morgan fingerprint density at radius 3 is 2.44 bits per heavy atom. The van der Waals surface area contributed by atoms with Crippen molar-refractivity contribution in [1.82, 2.24) is 10.1 Å². The van der Waals surface area contributed by atoms with Gasteiger partial charge in [-0.25, -0.2) is 0 Å². The molecule has 1 aliphatic heterocycles. The second-order valence-electron chi connectivity index (χ2n) is 5.14. The molecule has 0 N–H and O–H groups in total. The summed E-state index contributed by atoms with van der Waals surface area (Å²) in [6, 6.07) is 0. The number of halogens is 3. The van der Waals surface area contributed by atoms with Crippen LogP contribution in [0.4, 0.5) is 19.1 Å². The summed E-state index contributed by atoms with van der Waals surface area (Å²) in [6.07, 6.45) is -1.89. The van der Waals surface area contributed by atoms with Crippen LogP contribution in [0.5, 0.6) is 0 Å². The average molecular weight is 261 g/mol. The van der Waals surface area contributed by atoms with Crippen LogP contribution in [-0.2, 0) is 6.42 Å². The number of hydrogen-bond acceptors (Lipinski definition) is 4. The summed E-state index contributed by atoms with van der Waals surface area (Å²) in [4.78, 5) is 6.02. The summed E-state index contributed by atoms with van der Waals surface area (Å²) in [6.45, 7) is 1.70. The largest absolute Gasteiger partial charge is 0.395 e. The molecule has 1 aromatic heterocycles. The van der Waals surface area contributed by atoms with E-state index >= 15 is 0 Å². The lowest BCUT2D eigenvalue weighted by atomic mass is 10.0. The highest BCUT2D eigenvalue weighted by Gasteiger charge is 2.63. The molecule has 1 saturated carbocycles. The Bertz CT molecular complexity index is 433. The zero-order chi connectivity index (χ0) is 12.8. The highest BCUT2D eigenvalue weighted by molar-refractivity contribution is 5.29. The van der Waals surface area contributed by atoms with Gasteiger partial charge in [0.05, 0.1) is 5.41 Å². The van der Waals surface area contributed by atoms with Crippen molar-refractivity contribution in [3.05, 3.63) is 5.89 Å². The highest BCUT2D eigenvalue weighted by atomic mass is 19.4. The van der Waals surface area contributed by atoms with Crippen LogP contribution >= 0.6 is 0 Å². The van der Waals surface area contributed by atoms with E-state index in [9.17, 15) is 13.2 Å². The zero-order valence-electron chi connectivity index (χ0n) is 9.83. The third kappa shape index (κ3) is 1.95. The van der Waals surface area contributed by atoms with Gasteiger partial charge in [-0.2, -0.15) is 18.2 Å². The van der Waals surface area contributed by atoms with Crippen molar-refractivity contribution >= 4 is 5.95 Å². The minimum absolute atomic E-state index is 0.103. The molecule has 1 saturated heterocycles. The van der Waals surface area contributed by atoms with Gasteiger partial charge in [0.15, 0.2) is 0 Å². The van der Waals surface area contributed by atoms with Crippen LogP contribution in [-0.4, -0.2) is 29.4 Å². The van der Waals surface area contributed by atoms with Crippen LogP contribution in [0, 0.1) is 5.41 Å². The average Bonchev–Trinajstić information content (AvgIpc) is 2.77. The van der Waals surface area contributed by atoms with Crippen molar-refractivity contribution in [3.63, 3.8) is 0 Å². The molecule has 7 heteroatoms. The molecule has 4 nitrogen and oxygen atoms in total. The Labute approximate surface area is 102 Å². The summed E-state index contributed by atoms with van der Waals surface area (Å²) in [5.74, 6) is 0.534. The predicted molar refractivity (Wildman–Crippen MR) is 57.2 cm³/mol. The van der Waals surface area contributed by atoms with Crippen molar-refractivity contribution in [3.8, 4) is 0 Å². The van der Waals surface area contributed by atoms with Gasteiger partial charge in [0.1, 0.15) is 0 Å². The van der Waals surface area contributed by atoms with E-state index in [0.29, 0.717) is 5.95 Å². The van der Waals surface area contributed by atoms with Crippen molar-refractivity contribution in [2.75, 3.05) is 18.0 Å². The van der Waals surface area contributed by atoms with Gasteiger partial charge in [0.25, 0.3) is 5.95 Å². The first kappa shape index (κ1) is 11.8. The van der Waals surface area contributed by atoms with E-state index in [0.717, 1.165) is 25.9 Å². The quantitative estimate of drug-likeness (QED) is 0.838. The first-order valence-electron chi connectivity index (χ1n) is 6.14. The number of rotatable bonds is 3. The summed E-state index contributed by atoms with van der Waals surface area (Å²) in [5.41, 5.74) is -1.61. The molecular formula is C11H14F3N3O. The first-order valence-corrected chi connectivity index (χ1v) is 6.14. The molecule has 0 aromatic carbocycles. The second-order valence-corrected chi connectivity index (χ2v) is 5.14. The van der Waals surface area contributed by atoms with E-state index in [-0.39, 0.29) is 25.2 Å². The second kappa shape index (κ2) is 3.86. The molecule has 0 amide bonds. The molecule has 2 fully saturated rings. The maximum Gasteiger partial charge on any atom is 0.395 e. The maximum atomic E-state index is 12.8. The van der Waals surface area contributed by atoms with E-state index < -0.39 is 11.6 Å². The first-order chi connectivity index (χ1) is 8.50. The summed E-state index contributed by atoms with van der Waals surface area (Å²) in [7, 11) is 0. The minimum atomic E-state index is -4.17. The van der Waals surface area contributed by atoms with E-state index in [2.05, 4.69) is 10.1 Å². The molecule has 2 heterocycles. The molecule has 0 radical (unpaired) electrons. The Morgan fingerprint density at radius 2 is 1.89 bits per heavy atom. The third-order valence-electron chi connectivity index (χ3n) is 3.79. The fraction of sp³-hybridized carbons (Fsp3) is 0.818. The molecule has 0 bridgehead atoms. The molecule has 1 aliphatic carbocycles. The SMILES string of the molecule is FC(F)(F)C1(Cc2nc(N3CCCC3)no2)CC1. The molecule has 0 atom stereocenters. The van der Waals surface area contributed by atoms with Gasteiger partial charge in [-0.3, -0.25) is 0 Å². The van der Waals surface area contributed by atoms with Crippen molar-refractivity contribution in [1.29, 1.82) is 0 Å². The fourth-order valence-electron chi connectivity index (χ4n) is 2.36. The van der Waals surface area contributed by atoms with Crippen LogP contribution in [0.15, 0.2) is 4.52 Å². The summed E-state index contributed by atoms with van der Waals surface area (Å²) < 4.78 is 43.3. The lowest BCUT2D eigenvalue weighted by Crippen LogP contribution is -2.26. The van der Waals surface area contributed by atoms with Gasteiger partial charge in [-0.05, 0) is 30.8 Å². The summed E-state index contributed by atoms with van der Waals surface area (Å²) >= 11 is 0. The Kier molecular flexibility index (Phi) is 2.53. The van der Waals surface area contributed by atoms with E-state index in [1.807, 2.05) is 4.90 Å². The zero-order valence-corrected chi connectivity index (χ0v) is 9.83. The lowest BCUT2D eigenvalue weighted by Gasteiger charge is -2.16. The molecule has 18 heavy (non-hydrogen) atoms. The number of nitrogens with zero attached hydrogens (tertiary/aromatic N) is 3. The predicted octanol–water partition coefficient (Wildman–Crippen LogP) is 2.55. The smallest absolute Gasteiger partial charge is 0.338 e. The van der Waals surface area contributed by atoms with Crippen LogP contribution in [0.2, 0.25) is 0 Å². The Morgan fingerprint density at radius 1 is 1.22 bits per heavy atom. The topological polar surface area (TPSA) is 42.2 Å². The molecule has 3 rings (SSSR count). The standard InChI is InChI=1S/C11H14F3N3O/c12-11(13,14)10(3-4-10)7-8-15-9(16-18-8)17-5-1-2-6-17/h1-7H2. The normalized spacial score (nSPS) is 22.5. The number of anilines is 1. The number of aromatic nitrogens is 2. The van der Waals surface area contributed by atoms with Crippen molar-refractivity contribution in [2.24, 2.45) is 5.41 Å². The van der Waals surface area contributed by atoms with Gasteiger partial charge >= 0.3 is 6.18 Å². The van der Waals surface area contributed by atoms with Gasteiger partial charge in [-0.15, -0.1) is 0 Å². The minimum Gasteiger partial charge on any atom is -0.338 e. The van der Waals surface area contributed by atoms with Crippen LogP contribution in [0.1, 0.15) is 31.6 Å². The van der Waals surface area contributed by atoms with Crippen LogP contribution in [0.3, 0.4) is 0 Å². The molecule has 0 unspecified atom stereocenters. The maximum absolute atomic E-state index is 12.8. The lowest BCUT2D eigenvalue weighted by molar-refractivity contribution is -0.187. The summed E-state index contributed by atoms with van der Waals surface area (Å²) in [5, 5.41) is 3.76. The van der Waals surface area contributed by atoms with Gasteiger partial charge in [0.2, 0.25) is 5.89 Å². The van der Waals surface area contributed by atoms with E-state index in [4.69, 9.17) is 4.52 Å². The Balaban J connectivity index is 1.71. The van der Waals surface area contributed by atoms with Crippen molar-refractivity contribution in [2.45, 2.75) is 38.3 Å². The van der Waals surface area contributed by atoms with Gasteiger partial charge < -0.3 is 9.42 Å². The molecule has 2 aliphatic rings.